The van der Waals surface area contributed by atoms with Gasteiger partial charge < -0.3 is 5.32 Å². The summed E-state index contributed by atoms with van der Waals surface area (Å²) in [5.41, 5.74) is 2.01. The summed E-state index contributed by atoms with van der Waals surface area (Å²) in [5, 5.41) is 8.20. The van der Waals surface area contributed by atoms with Crippen molar-refractivity contribution >= 4 is 17.4 Å². The fraction of sp³-hybridized carbons (Fsp3) is 0.182. The summed E-state index contributed by atoms with van der Waals surface area (Å²) in [6.07, 6.45) is 0. The van der Waals surface area contributed by atoms with E-state index in [4.69, 9.17) is 11.6 Å². The number of hydrogen-bond acceptors (Lipinski definition) is 2. The first-order chi connectivity index (χ1) is 7.20. The van der Waals surface area contributed by atoms with Crippen LogP contribution in [0.1, 0.15) is 0 Å². The number of hydrogen-bond donors (Lipinski definition) is 1. The third-order valence-corrected chi connectivity index (χ3v) is 2.53. The van der Waals surface area contributed by atoms with Crippen LogP contribution in [0.3, 0.4) is 0 Å². The van der Waals surface area contributed by atoms with E-state index < -0.39 is 0 Å². The fourth-order valence-corrected chi connectivity index (χ4v) is 1.59. The third-order valence-electron chi connectivity index (χ3n) is 2.28. The first-order valence-electron chi connectivity index (χ1n) is 4.68. The van der Waals surface area contributed by atoms with E-state index in [9.17, 15) is 0 Å². The molecule has 0 unspecified atom stereocenters. The van der Waals surface area contributed by atoms with Crippen LogP contribution < -0.4 is 5.32 Å². The van der Waals surface area contributed by atoms with Crippen LogP contribution in [0.15, 0.2) is 30.3 Å². The molecule has 0 spiro atoms. The van der Waals surface area contributed by atoms with Gasteiger partial charge in [0.15, 0.2) is 0 Å². The zero-order chi connectivity index (χ0) is 10.8. The van der Waals surface area contributed by atoms with Crippen LogP contribution in [0, 0.1) is 0 Å². The summed E-state index contributed by atoms with van der Waals surface area (Å²) in [4.78, 5) is 0. The topological polar surface area (TPSA) is 29.9 Å². The standard InChI is InChI=1S/C11H12ClN3/c1-13-11-7-10(14-15(11)2)8-3-5-9(12)6-4-8/h3-7,13H,1-2H3. The van der Waals surface area contributed by atoms with E-state index in [-0.39, 0.29) is 0 Å². The molecule has 4 heteroatoms. The molecule has 0 atom stereocenters. The van der Waals surface area contributed by atoms with Gasteiger partial charge in [0, 0.05) is 30.7 Å². The Kier molecular flexibility index (Phi) is 2.64. The Morgan fingerprint density at radius 2 is 1.93 bits per heavy atom. The highest BCUT2D eigenvalue weighted by atomic mass is 35.5. The van der Waals surface area contributed by atoms with E-state index in [0.717, 1.165) is 22.1 Å². The Hall–Kier alpha value is -1.48. The van der Waals surface area contributed by atoms with Gasteiger partial charge in [-0.15, -0.1) is 0 Å². The second-order valence-corrected chi connectivity index (χ2v) is 3.73. The van der Waals surface area contributed by atoms with E-state index >= 15 is 0 Å². The van der Waals surface area contributed by atoms with Crippen molar-refractivity contribution in [1.82, 2.24) is 9.78 Å². The van der Waals surface area contributed by atoms with Crippen LogP contribution in [0.25, 0.3) is 11.3 Å². The average molecular weight is 222 g/mol. The lowest BCUT2D eigenvalue weighted by molar-refractivity contribution is 0.778. The Bertz CT molecular complexity index is 459. The molecule has 0 amide bonds. The summed E-state index contributed by atoms with van der Waals surface area (Å²) >= 11 is 5.82. The molecule has 0 aliphatic carbocycles. The van der Waals surface area contributed by atoms with Gasteiger partial charge in [-0.05, 0) is 12.1 Å². The van der Waals surface area contributed by atoms with Gasteiger partial charge in [0.25, 0.3) is 0 Å². The second kappa shape index (κ2) is 3.95. The molecular weight excluding hydrogens is 210 g/mol. The highest BCUT2D eigenvalue weighted by molar-refractivity contribution is 6.30. The molecule has 78 valence electrons. The number of nitrogens with zero attached hydrogens (tertiary/aromatic N) is 2. The van der Waals surface area contributed by atoms with Crippen molar-refractivity contribution < 1.29 is 0 Å². The molecule has 1 aromatic heterocycles. The molecule has 1 N–H and O–H groups in total. The van der Waals surface area contributed by atoms with Crippen molar-refractivity contribution in [3.63, 3.8) is 0 Å². The molecule has 1 heterocycles. The lowest BCUT2D eigenvalue weighted by atomic mass is 10.1. The van der Waals surface area contributed by atoms with Crippen molar-refractivity contribution in [2.75, 3.05) is 12.4 Å². The Balaban J connectivity index is 2.41. The van der Waals surface area contributed by atoms with Crippen molar-refractivity contribution in [3.05, 3.63) is 35.4 Å². The van der Waals surface area contributed by atoms with Gasteiger partial charge in [-0.1, -0.05) is 23.7 Å². The highest BCUT2D eigenvalue weighted by Gasteiger charge is 2.05. The third kappa shape index (κ3) is 1.97. The van der Waals surface area contributed by atoms with E-state index in [0.29, 0.717) is 0 Å². The van der Waals surface area contributed by atoms with Crippen molar-refractivity contribution in [2.45, 2.75) is 0 Å². The minimum Gasteiger partial charge on any atom is -0.373 e. The van der Waals surface area contributed by atoms with Gasteiger partial charge in [-0.3, -0.25) is 4.68 Å². The number of halogens is 1. The van der Waals surface area contributed by atoms with E-state index in [2.05, 4.69) is 10.4 Å². The molecule has 2 aromatic rings. The maximum Gasteiger partial charge on any atom is 0.124 e. The molecule has 2 rings (SSSR count). The van der Waals surface area contributed by atoms with E-state index in [1.54, 1.807) is 0 Å². The average Bonchev–Trinajstić information content (AvgIpc) is 2.61. The van der Waals surface area contributed by atoms with Gasteiger partial charge in [0.1, 0.15) is 5.82 Å². The summed E-state index contributed by atoms with van der Waals surface area (Å²) < 4.78 is 1.81. The van der Waals surface area contributed by atoms with Crippen molar-refractivity contribution in [3.8, 4) is 11.3 Å². The van der Waals surface area contributed by atoms with Crippen LogP contribution in [-0.2, 0) is 7.05 Å². The normalized spacial score (nSPS) is 10.3. The molecule has 0 fully saturated rings. The highest BCUT2D eigenvalue weighted by Crippen LogP contribution is 2.22. The number of anilines is 1. The lowest BCUT2D eigenvalue weighted by Crippen LogP contribution is -1.97. The molecule has 0 saturated carbocycles. The fourth-order valence-electron chi connectivity index (χ4n) is 1.46. The summed E-state index contributed by atoms with van der Waals surface area (Å²) in [6.45, 7) is 0. The van der Waals surface area contributed by atoms with Crippen molar-refractivity contribution in [2.24, 2.45) is 7.05 Å². The van der Waals surface area contributed by atoms with Gasteiger partial charge in [-0.25, -0.2) is 0 Å². The number of rotatable bonds is 2. The molecule has 0 aliphatic rings. The summed E-state index contributed by atoms with van der Waals surface area (Å²) in [5.74, 6) is 0.986. The Morgan fingerprint density at radius 3 is 2.47 bits per heavy atom. The number of nitrogens with one attached hydrogen (secondary N) is 1. The first kappa shape index (κ1) is 10.1. The van der Waals surface area contributed by atoms with Gasteiger partial charge >= 0.3 is 0 Å². The van der Waals surface area contributed by atoms with E-state index in [1.165, 1.54) is 0 Å². The lowest BCUT2D eigenvalue weighted by Gasteiger charge is -1.96. The largest absolute Gasteiger partial charge is 0.373 e. The molecule has 0 aliphatic heterocycles. The second-order valence-electron chi connectivity index (χ2n) is 3.30. The Morgan fingerprint density at radius 1 is 1.27 bits per heavy atom. The number of aryl methyl sites for hydroxylation is 1. The maximum atomic E-state index is 5.82. The molecule has 0 radical (unpaired) electrons. The van der Waals surface area contributed by atoms with Crippen LogP contribution >= 0.6 is 11.6 Å². The van der Waals surface area contributed by atoms with Crippen LogP contribution in [0.5, 0.6) is 0 Å². The molecular formula is C11H12ClN3. The quantitative estimate of drug-likeness (QED) is 0.845. The zero-order valence-electron chi connectivity index (χ0n) is 8.66. The first-order valence-corrected chi connectivity index (χ1v) is 5.06. The number of aromatic nitrogens is 2. The summed E-state index contributed by atoms with van der Waals surface area (Å²) in [6, 6.07) is 9.66. The minimum absolute atomic E-state index is 0.739. The smallest absolute Gasteiger partial charge is 0.124 e. The van der Waals surface area contributed by atoms with Crippen LogP contribution in [-0.4, -0.2) is 16.8 Å². The SMILES string of the molecule is CNc1cc(-c2ccc(Cl)cc2)nn1C. The van der Waals surface area contributed by atoms with Gasteiger partial charge in [-0.2, -0.15) is 5.10 Å². The number of benzene rings is 1. The molecule has 3 nitrogen and oxygen atoms in total. The van der Waals surface area contributed by atoms with E-state index in [1.807, 2.05) is 49.1 Å². The van der Waals surface area contributed by atoms with Crippen LogP contribution in [0.4, 0.5) is 5.82 Å². The summed E-state index contributed by atoms with van der Waals surface area (Å²) in [7, 11) is 3.79. The maximum absolute atomic E-state index is 5.82. The zero-order valence-corrected chi connectivity index (χ0v) is 9.42. The van der Waals surface area contributed by atoms with Gasteiger partial charge in [0.05, 0.1) is 5.69 Å². The monoisotopic (exact) mass is 221 g/mol. The minimum atomic E-state index is 0.739. The van der Waals surface area contributed by atoms with Gasteiger partial charge in [0.2, 0.25) is 0 Å². The molecule has 15 heavy (non-hydrogen) atoms. The van der Waals surface area contributed by atoms with Crippen LogP contribution in [0.2, 0.25) is 5.02 Å². The predicted molar refractivity (Wildman–Crippen MR) is 63.2 cm³/mol. The molecule has 0 saturated heterocycles. The Labute approximate surface area is 93.7 Å². The van der Waals surface area contributed by atoms with Crippen molar-refractivity contribution in [1.29, 1.82) is 0 Å². The molecule has 1 aromatic carbocycles. The predicted octanol–water partition coefficient (Wildman–Crippen LogP) is 2.78. The molecule has 0 bridgehead atoms.